The Morgan fingerprint density at radius 2 is 1.86 bits per heavy atom. The molecule has 1 amide bonds. The monoisotopic (exact) mass is 413 g/mol. The zero-order chi connectivity index (χ0) is 19.4. The van der Waals surface area contributed by atoms with E-state index in [1.807, 2.05) is 24.3 Å². The summed E-state index contributed by atoms with van der Waals surface area (Å²) in [4.78, 5) is 15.3. The number of aromatic nitrogens is 1. The summed E-state index contributed by atoms with van der Waals surface area (Å²) in [6, 6.07) is 14.2. The van der Waals surface area contributed by atoms with Crippen LogP contribution in [0.1, 0.15) is 30.1 Å². The molecule has 144 valence electrons. The first-order chi connectivity index (χ1) is 13.5. The summed E-state index contributed by atoms with van der Waals surface area (Å²) in [6.45, 7) is 0.291. The van der Waals surface area contributed by atoms with E-state index in [0.717, 1.165) is 29.1 Å². The van der Waals surface area contributed by atoms with Crippen molar-refractivity contribution in [1.82, 2.24) is 9.47 Å². The molecule has 2 aliphatic rings. The number of hydrogen-bond donors (Lipinski definition) is 1. The van der Waals surface area contributed by atoms with Gasteiger partial charge in [-0.15, -0.1) is 0 Å². The molecule has 0 radical (unpaired) electrons. The van der Waals surface area contributed by atoms with E-state index < -0.39 is 0 Å². The number of anilines is 1. The van der Waals surface area contributed by atoms with Gasteiger partial charge < -0.3 is 9.88 Å². The van der Waals surface area contributed by atoms with Gasteiger partial charge in [0.15, 0.2) is 0 Å². The first-order valence-electron chi connectivity index (χ1n) is 9.59. The number of likely N-dealkylation sites (N-methyl/N-ethyl adjacent to an activating group) is 1. The Morgan fingerprint density at radius 1 is 1.11 bits per heavy atom. The quantitative estimate of drug-likeness (QED) is 0.633. The number of rotatable bonds is 3. The molecular formula is C22H21Cl2N3O. The number of nitrogens with one attached hydrogen (secondary N) is 1. The Morgan fingerprint density at radius 3 is 2.64 bits per heavy atom. The van der Waals surface area contributed by atoms with Crippen LogP contribution in [0, 0.1) is 0 Å². The molecule has 1 saturated heterocycles. The van der Waals surface area contributed by atoms with Gasteiger partial charge in [0.25, 0.3) is 0 Å². The highest BCUT2D eigenvalue weighted by Crippen LogP contribution is 2.47. The third-order valence-corrected chi connectivity index (χ3v) is 6.70. The third-order valence-electron chi connectivity index (χ3n) is 6.21. The van der Waals surface area contributed by atoms with E-state index in [9.17, 15) is 4.79 Å². The van der Waals surface area contributed by atoms with Gasteiger partial charge in [-0.25, -0.2) is 0 Å². The molecule has 1 aromatic heterocycles. The lowest BCUT2D eigenvalue weighted by atomic mass is 9.97. The molecule has 3 heterocycles. The van der Waals surface area contributed by atoms with Crippen LogP contribution in [0.3, 0.4) is 0 Å². The first kappa shape index (κ1) is 18.0. The maximum atomic E-state index is 12.8. The second-order valence-electron chi connectivity index (χ2n) is 7.78. The molecule has 0 aliphatic carbocycles. The van der Waals surface area contributed by atoms with E-state index in [1.54, 1.807) is 12.1 Å². The fraction of sp³-hybridized carbons (Fsp3) is 0.318. The molecule has 3 aromatic rings. The Balaban J connectivity index is 1.54. The summed E-state index contributed by atoms with van der Waals surface area (Å²) < 4.78 is 2.19. The minimum Gasteiger partial charge on any atom is -0.335 e. The van der Waals surface area contributed by atoms with Gasteiger partial charge in [0.05, 0.1) is 0 Å². The number of nitrogens with zero attached hydrogens (tertiary/aromatic N) is 2. The topological polar surface area (TPSA) is 37.3 Å². The highest BCUT2D eigenvalue weighted by molar-refractivity contribution is 6.31. The van der Waals surface area contributed by atoms with E-state index in [4.69, 9.17) is 23.2 Å². The van der Waals surface area contributed by atoms with Crippen LogP contribution >= 0.6 is 23.2 Å². The fourth-order valence-electron chi connectivity index (χ4n) is 4.88. The predicted octanol–water partition coefficient (Wildman–Crippen LogP) is 5.28. The third kappa shape index (κ3) is 2.91. The van der Waals surface area contributed by atoms with Crippen LogP contribution in [0.5, 0.6) is 0 Å². The number of carbonyl (C=O) groups is 1. The Bertz CT molecular complexity index is 1070. The van der Waals surface area contributed by atoms with Crippen molar-refractivity contribution in [1.29, 1.82) is 0 Å². The molecule has 2 aliphatic heterocycles. The van der Waals surface area contributed by atoms with Crippen molar-refractivity contribution in [3.63, 3.8) is 0 Å². The van der Waals surface area contributed by atoms with E-state index in [1.165, 1.54) is 23.1 Å². The Labute approximate surface area is 174 Å². The largest absolute Gasteiger partial charge is 0.335 e. The summed E-state index contributed by atoms with van der Waals surface area (Å²) in [7, 11) is 2.21. The van der Waals surface area contributed by atoms with Crippen LogP contribution in [0.4, 0.5) is 5.69 Å². The molecular weight excluding hydrogens is 393 g/mol. The Hall–Kier alpha value is -2.01. The van der Waals surface area contributed by atoms with Crippen molar-refractivity contribution in [3.8, 4) is 0 Å². The summed E-state index contributed by atoms with van der Waals surface area (Å²) in [5, 5.41) is 5.55. The van der Waals surface area contributed by atoms with Gasteiger partial charge in [-0.05, 0) is 67.9 Å². The standard InChI is InChI=1S/C22H21Cl2N3O/c1-26-16-7-9-19(26)22-17-10-14(24)4-8-18(17)27(20(22)11-16)12-21(28)25-15-5-2-13(23)3-6-15/h2-6,8,10,16,19H,7,9,11-12H2,1H3,(H,25,28). The maximum Gasteiger partial charge on any atom is 0.244 e. The number of benzene rings is 2. The molecule has 2 atom stereocenters. The molecule has 5 rings (SSSR count). The molecule has 1 fully saturated rings. The minimum absolute atomic E-state index is 0.0387. The number of carbonyl (C=O) groups excluding carboxylic acids is 1. The van der Waals surface area contributed by atoms with Crippen LogP contribution in [0.2, 0.25) is 10.0 Å². The zero-order valence-electron chi connectivity index (χ0n) is 15.6. The highest BCUT2D eigenvalue weighted by atomic mass is 35.5. The summed E-state index contributed by atoms with van der Waals surface area (Å²) in [6.07, 6.45) is 3.34. The van der Waals surface area contributed by atoms with Crippen LogP contribution < -0.4 is 5.32 Å². The molecule has 1 N–H and O–H groups in total. The normalized spacial score (nSPS) is 21.1. The SMILES string of the molecule is CN1C2CCC1c1c(n(CC(=O)Nc3ccc(Cl)cc3)c3ccc(Cl)cc13)C2. The van der Waals surface area contributed by atoms with Crippen molar-refractivity contribution < 1.29 is 4.79 Å². The summed E-state index contributed by atoms with van der Waals surface area (Å²) >= 11 is 12.3. The van der Waals surface area contributed by atoms with Gasteiger partial charge in [-0.2, -0.15) is 0 Å². The van der Waals surface area contributed by atoms with Gasteiger partial charge >= 0.3 is 0 Å². The Kier molecular flexibility index (Phi) is 4.38. The summed E-state index contributed by atoms with van der Waals surface area (Å²) in [5.41, 5.74) is 4.48. The fourth-order valence-corrected chi connectivity index (χ4v) is 5.18. The maximum absolute atomic E-state index is 12.8. The zero-order valence-corrected chi connectivity index (χ0v) is 17.1. The van der Waals surface area contributed by atoms with Crippen molar-refractivity contribution in [2.24, 2.45) is 0 Å². The number of amides is 1. The molecule has 6 heteroatoms. The average Bonchev–Trinajstić information content (AvgIpc) is 3.07. The van der Waals surface area contributed by atoms with Crippen molar-refractivity contribution in [3.05, 3.63) is 63.8 Å². The average molecular weight is 414 g/mol. The van der Waals surface area contributed by atoms with Crippen molar-refractivity contribution in [2.75, 3.05) is 12.4 Å². The van der Waals surface area contributed by atoms with Gasteiger partial charge in [-0.1, -0.05) is 23.2 Å². The number of fused-ring (bicyclic) bond motifs is 6. The summed E-state index contributed by atoms with van der Waals surface area (Å²) in [5.74, 6) is -0.0387. The van der Waals surface area contributed by atoms with Crippen LogP contribution in [-0.2, 0) is 17.8 Å². The highest BCUT2D eigenvalue weighted by Gasteiger charge is 2.40. The number of halogens is 2. The van der Waals surface area contributed by atoms with Crippen LogP contribution in [0.25, 0.3) is 10.9 Å². The van der Waals surface area contributed by atoms with E-state index in [2.05, 4.69) is 27.9 Å². The molecule has 0 spiro atoms. The van der Waals surface area contributed by atoms with Gasteiger partial charge in [0, 0.05) is 50.8 Å². The van der Waals surface area contributed by atoms with E-state index in [-0.39, 0.29) is 5.91 Å². The molecule has 2 unspecified atom stereocenters. The second kappa shape index (κ2) is 6.80. The lowest BCUT2D eigenvalue weighted by Crippen LogP contribution is -2.35. The minimum atomic E-state index is -0.0387. The lowest BCUT2D eigenvalue weighted by Gasteiger charge is -2.32. The van der Waals surface area contributed by atoms with Gasteiger partial charge in [0.1, 0.15) is 6.54 Å². The molecule has 0 saturated carbocycles. The first-order valence-corrected chi connectivity index (χ1v) is 10.3. The molecule has 2 aromatic carbocycles. The van der Waals surface area contributed by atoms with Gasteiger partial charge in [0.2, 0.25) is 5.91 Å². The number of hydrogen-bond acceptors (Lipinski definition) is 2. The van der Waals surface area contributed by atoms with Crippen molar-refractivity contribution >= 4 is 45.7 Å². The van der Waals surface area contributed by atoms with Crippen LogP contribution in [0.15, 0.2) is 42.5 Å². The van der Waals surface area contributed by atoms with Crippen molar-refractivity contribution in [2.45, 2.75) is 37.9 Å². The van der Waals surface area contributed by atoms with E-state index in [0.29, 0.717) is 23.7 Å². The van der Waals surface area contributed by atoms with Crippen LogP contribution in [-0.4, -0.2) is 28.5 Å². The van der Waals surface area contributed by atoms with E-state index >= 15 is 0 Å². The lowest BCUT2D eigenvalue weighted by molar-refractivity contribution is -0.116. The molecule has 4 nitrogen and oxygen atoms in total. The van der Waals surface area contributed by atoms with Gasteiger partial charge in [-0.3, -0.25) is 9.69 Å². The smallest absolute Gasteiger partial charge is 0.244 e. The molecule has 2 bridgehead atoms. The second-order valence-corrected chi connectivity index (χ2v) is 8.65. The predicted molar refractivity (Wildman–Crippen MR) is 114 cm³/mol. The molecule has 28 heavy (non-hydrogen) atoms.